The highest BCUT2D eigenvalue weighted by Gasteiger charge is 2.19. The topological polar surface area (TPSA) is 80.6 Å². The van der Waals surface area contributed by atoms with Gasteiger partial charge < -0.3 is 4.98 Å². The number of nitrogens with one attached hydrogen (secondary N) is 1. The van der Waals surface area contributed by atoms with Gasteiger partial charge in [-0.2, -0.15) is 4.37 Å². The number of hydrogen-bond donors (Lipinski definition) is 1. The molecule has 0 amide bonds. The molecule has 0 spiro atoms. The first-order valence-corrected chi connectivity index (χ1v) is 8.54. The summed E-state index contributed by atoms with van der Waals surface area (Å²) in [6.07, 6.45) is 1.65. The highest BCUT2D eigenvalue weighted by Crippen LogP contribution is 2.25. The lowest BCUT2D eigenvalue weighted by atomic mass is 10.1. The molecule has 0 fully saturated rings. The summed E-state index contributed by atoms with van der Waals surface area (Å²) in [4.78, 5) is 32.6. The van der Waals surface area contributed by atoms with E-state index in [0.717, 1.165) is 17.1 Å². The number of aromatic nitrogens is 4. The minimum atomic E-state index is -0.453. The van der Waals surface area contributed by atoms with Crippen LogP contribution < -0.4 is 11.2 Å². The summed E-state index contributed by atoms with van der Waals surface area (Å²) >= 11 is 1.08. The summed E-state index contributed by atoms with van der Waals surface area (Å²) in [6, 6.07) is 14.5. The molecule has 25 heavy (non-hydrogen) atoms. The van der Waals surface area contributed by atoms with E-state index in [9.17, 15) is 9.59 Å². The number of fused-ring (bicyclic) bond motifs is 1. The molecule has 1 atom stereocenters. The molecule has 7 heteroatoms. The van der Waals surface area contributed by atoms with E-state index in [-0.39, 0.29) is 11.6 Å². The average Bonchev–Trinajstić information content (AvgIpc) is 3.07. The van der Waals surface area contributed by atoms with Crippen LogP contribution in [0.3, 0.4) is 0 Å². The molecule has 0 aliphatic heterocycles. The summed E-state index contributed by atoms with van der Waals surface area (Å²) in [5, 5.41) is 0. The van der Waals surface area contributed by atoms with Crippen molar-refractivity contribution in [2.24, 2.45) is 0 Å². The molecular formula is C18H14N4O2S. The van der Waals surface area contributed by atoms with E-state index < -0.39 is 5.69 Å². The number of pyridine rings is 1. The molecule has 4 aromatic rings. The Morgan fingerprint density at radius 2 is 1.84 bits per heavy atom. The third-order valence-electron chi connectivity index (χ3n) is 4.13. The molecule has 3 heterocycles. The van der Waals surface area contributed by atoms with Crippen molar-refractivity contribution in [2.75, 3.05) is 0 Å². The van der Waals surface area contributed by atoms with Crippen molar-refractivity contribution in [2.45, 2.75) is 13.0 Å². The van der Waals surface area contributed by atoms with Crippen molar-refractivity contribution in [3.05, 3.63) is 81.1 Å². The quantitative estimate of drug-likeness (QED) is 0.616. The Kier molecular flexibility index (Phi) is 3.77. The zero-order valence-corrected chi connectivity index (χ0v) is 14.2. The number of hydrogen-bond acceptors (Lipinski definition) is 5. The highest BCUT2D eigenvalue weighted by atomic mass is 32.1. The molecule has 0 bridgehead atoms. The van der Waals surface area contributed by atoms with E-state index in [0.29, 0.717) is 21.6 Å². The number of H-pyrrole nitrogens is 1. The van der Waals surface area contributed by atoms with E-state index in [1.807, 2.05) is 43.3 Å². The Hall–Kier alpha value is -3.06. The molecular weight excluding hydrogens is 336 g/mol. The predicted octanol–water partition coefficient (Wildman–Crippen LogP) is 2.82. The van der Waals surface area contributed by atoms with Crippen molar-refractivity contribution < 1.29 is 0 Å². The molecule has 0 radical (unpaired) electrons. The number of benzene rings is 1. The SMILES string of the molecule is C[C@@H](c1ccccc1)n1c(=O)[nH]c2c(-c3ccccn3)nsc2c1=O. The van der Waals surface area contributed by atoms with Gasteiger partial charge in [0.15, 0.2) is 0 Å². The fourth-order valence-corrected chi connectivity index (χ4v) is 3.61. The van der Waals surface area contributed by atoms with Gasteiger partial charge in [-0.3, -0.25) is 14.3 Å². The lowest BCUT2D eigenvalue weighted by molar-refractivity contribution is 0.586. The summed E-state index contributed by atoms with van der Waals surface area (Å²) in [5.74, 6) is 0. The minimum absolute atomic E-state index is 0.338. The van der Waals surface area contributed by atoms with E-state index in [2.05, 4.69) is 14.3 Å². The molecule has 0 saturated carbocycles. The second kappa shape index (κ2) is 6.10. The van der Waals surface area contributed by atoms with Crippen LogP contribution in [0.5, 0.6) is 0 Å². The number of nitrogens with zero attached hydrogens (tertiary/aromatic N) is 3. The van der Waals surface area contributed by atoms with E-state index in [1.54, 1.807) is 18.3 Å². The fraction of sp³-hybridized carbons (Fsp3) is 0.111. The molecule has 0 saturated heterocycles. The third kappa shape index (κ3) is 2.58. The molecule has 6 nitrogen and oxygen atoms in total. The fourth-order valence-electron chi connectivity index (χ4n) is 2.83. The summed E-state index contributed by atoms with van der Waals surface area (Å²) < 4.78 is 5.99. The maximum atomic E-state index is 12.9. The Labute approximate surface area is 146 Å². The highest BCUT2D eigenvalue weighted by molar-refractivity contribution is 7.13. The Morgan fingerprint density at radius 1 is 1.08 bits per heavy atom. The molecule has 4 rings (SSSR count). The third-order valence-corrected chi connectivity index (χ3v) is 4.97. The summed E-state index contributed by atoms with van der Waals surface area (Å²) in [6.45, 7) is 1.83. The molecule has 3 aromatic heterocycles. The van der Waals surface area contributed by atoms with Gasteiger partial charge in [0.05, 0.1) is 17.3 Å². The van der Waals surface area contributed by atoms with Crippen LogP contribution in [0.2, 0.25) is 0 Å². The molecule has 0 aliphatic rings. The van der Waals surface area contributed by atoms with E-state index >= 15 is 0 Å². The Bertz CT molecular complexity index is 1150. The summed E-state index contributed by atoms with van der Waals surface area (Å²) in [5.41, 5.74) is 1.69. The van der Waals surface area contributed by atoms with Crippen LogP contribution in [0.15, 0.2) is 64.3 Å². The largest absolute Gasteiger partial charge is 0.329 e. The van der Waals surface area contributed by atoms with Gasteiger partial charge in [-0.25, -0.2) is 4.79 Å². The van der Waals surface area contributed by atoms with Crippen LogP contribution in [0.25, 0.3) is 21.6 Å². The van der Waals surface area contributed by atoms with Crippen LogP contribution >= 0.6 is 11.5 Å². The van der Waals surface area contributed by atoms with Crippen molar-refractivity contribution in [3.8, 4) is 11.4 Å². The number of rotatable bonds is 3. The van der Waals surface area contributed by atoms with Gasteiger partial charge in [0.25, 0.3) is 5.56 Å². The Balaban J connectivity index is 1.93. The predicted molar refractivity (Wildman–Crippen MR) is 98.0 cm³/mol. The van der Waals surface area contributed by atoms with Crippen molar-refractivity contribution in [1.82, 2.24) is 18.9 Å². The lowest BCUT2D eigenvalue weighted by Crippen LogP contribution is -2.37. The van der Waals surface area contributed by atoms with E-state index in [1.165, 1.54) is 4.57 Å². The first-order chi connectivity index (χ1) is 12.2. The second-order valence-corrected chi connectivity index (χ2v) is 6.42. The smallest absolute Gasteiger partial charge is 0.304 e. The van der Waals surface area contributed by atoms with Crippen LogP contribution in [0, 0.1) is 0 Å². The van der Waals surface area contributed by atoms with Gasteiger partial charge in [-0.05, 0) is 36.2 Å². The van der Waals surface area contributed by atoms with Gasteiger partial charge in [0.1, 0.15) is 10.4 Å². The zero-order chi connectivity index (χ0) is 17.4. The molecule has 1 N–H and O–H groups in total. The van der Waals surface area contributed by atoms with Crippen molar-refractivity contribution in [1.29, 1.82) is 0 Å². The zero-order valence-electron chi connectivity index (χ0n) is 13.3. The molecule has 1 aromatic carbocycles. The molecule has 124 valence electrons. The lowest BCUT2D eigenvalue weighted by Gasteiger charge is -2.14. The normalized spacial score (nSPS) is 12.4. The monoisotopic (exact) mass is 350 g/mol. The molecule has 0 unspecified atom stereocenters. The average molecular weight is 350 g/mol. The number of aromatic amines is 1. The summed E-state index contributed by atoms with van der Waals surface area (Å²) in [7, 11) is 0. The second-order valence-electron chi connectivity index (χ2n) is 5.64. The van der Waals surface area contributed by atoms with Crippen LogP contribution in [0.4, 0.5) is 0 Å². The van der Waals surface area contributed by atoms with Crippen molar-refractivity contribution in [3.63, 3.8) is 0 Å². The van der Waals surface area contributed by atoms with Gasteiger partial charge in [-0.15, -0.1) is 0 Å². The maximum Gasteiger partial charge on any atom is 0.329 e. The van der Waals surface area contributed by atoms with E-state index in [4.69, 9.17) is 0 Å². The van der Waals surface area contributed by atoms with Gasteiger partial charge in [0, 0.05) is 6.20 Å². The molecule has 0 aliphatic carbocycles. The van der Waals surface area contributed by atoms with Gasteiger partial charge in [-0.1, -0.05) is 36.4 Å². The first-order valence-electron chi connectivity index (χ1n) is 7.77. The standard InChI is InChI=1S/C18H14N4O2S/c1-11(12-7-3-2-4-8-12)22-17(23)16-15(20-18(22)24)14(21-25-16)13-9-5-6-10-19-13/h2-11H,1H3,(H,20,24)/t11-/m0/s1. The minimum Gasteiger partial charge on any atom is -0.304 e. The van der Waals surface area contributed by atoms with Gasteiger partial charge in [0.2, 0.25) is 0 Å². The maximum absolute atomic E-state index is 12.9. The van der Waals surface area contributed by atoms with Crippen LogP contribution in [-0.2, 0) is 0 Å². The van der Waals surface area contributed by atoms with Crippen LogP contribution in [0.1, 0.15) is 18.5 Å². The Morgan fingerprint density at radius 3 is 2.56 bits per heavy atom. The van der Waals surface area contributed by atoms with Crippen LogP contribution in [-0.4, -0.2) is 18.9 Å². The van der Waals surface area contributed by atoms with Gasteiger partial charge >= 0.3 is 5.69 Å². The first kappa shape index (κ1) is 15.5. The van der Waals surface area contributed by atoms with Crippen molar-refractivity contribution >= 4 is 21.7 Å².